The molecule has 4 rings (SSSR count). The van der Waals surface area contributed by atoms with Crippen LogP contribution in [0.25, 0.3) is 21.3 Å². The number of nitrogens with one attached hydrogen (secondary N) is 1. The Morgan fingerprint density at radius 2 is 1.91 bits per heavy atom. The maximum absolute atomic E-state index is 13.5. The van der Waals surface area contributed by atoms with E-state index in [-0.39, 0.29) is 38.5 Å². The second-order valence-electron chi connectivity index (χ2n) is 7.17. The number of carbonyl (C=O) groups excluding carboxylic acids is 2. The summed E-state index contributed by atoms with van der Waals surface area (Å²) >= 11 is 0.630. The van der Waals surface area contributed by atoms with Crippen LogP contribution in [0.1, 0.15) is 20.9 Å². The van der Waals surface area contributed by atoms with Crippen molar-refractivity contribution in [3.63, 3.8) is 0 Å². The van der Waals surface area contributed by atoms with Crippen molar-refractivity contribution in [2.75, 3.05) is 5.32 Å². The standard InChI is InChI=1S/C21H15F4N5O2S/c1-10-7-27-30(8-10)9-15(31)29-17-16-13(11-2-4-12(22)5-3-11)6-14(21(23,24)25)28-20(16)33-18(17)19(26)32/h2-8H,9H2,1H3,(H2,26,32)(H,29,31). The Kier molecular flexibility index (Phi) is 5.62. The maximum Gasteiger partial charge on any atom is 0.433 e. The zero-order valence-corrected chi connectivity index (χ0v) is 17.7. The highest BCUT2D eigenvalue weighted by molar-refractivity contribution is 7.21. The third-order valence-electron chi connectivity index (χ3n) is 4.66. The van der Waals surface area contributed by atoms with E-state index >= 15 is 0 Å². The number of rotatable bonds is 5. The molecule has 33 heavy (non-hydrogen) atoms. The smallest absolute Gasteiger partial charge is 0.365 e. The number of alkyl halides is 3. The van der Waals surface area contributed by atoms with Crippen LogP contribution in [0.3, 0.4) is 0 Å². The fourth-order valence-corrected chi connectivity index (χ4v) is 4.28. The number of pyridine rings is 1. The van der Waals surface area contributed by atoms with E-state index in [1.165, 1.54) is 16.8 Å². The molecule has 3 aromatic heterocycles. The Bertz CT molecular complexity index is 1380. The summed E-state index contributed by atoms with van der Waals surface area (Å²) in [5.41, 5.74) is 5.27. The number of primary amides is 1. The number of fused-ring (bicyclic) bond motifs is 1. The van der Waals surface area contributed by atoms with Crippen LogP contribution in [0.5, 0.6) is 0 Å². The lowest BCUT2D eigenvalue weighted by atomic mass is 10.0. The number of aromatic nitrogens is 3. The molecule has 0 fully saturated rings. The van der Waals surface area contributed by atoms with Crippen molar-refractivity contribution in [3.05, 3.63) is 64.7 Å². The number of amides is 2. The molecule has 0 unspecified atom stereocenters. The first kappa shape index (κ1) is 22.4. The molecule has 2 amide bonds. The van der Waals surface area contributed by atoms with Gasteiger partial charge in [-0.3, -0.25) is 14.3 Å². The van der Waals surface area contributed by atoms with Crippen molar-refractivity contribution in [2.45, 2.75) is 19.6 Å². The monoisotopic (exact) mass is 477 g/mol. The van der Waals surface area contributed by atoms with Crippen molar-refractivity contribution in [3.8, 4) is 11.1 Å². The number of nitrogens with zero attached hydrogens (tertiary/aromatic N) is 3. The molecular formula is C21H15F4N5O2S. The van der Waals surface area contributed by atoms with Crippen LogP contribution in [0.15, 0.2) is 42.7 Å². The number of hydrogen-bond donors (Lipinski definition) is 2. The van der Waals surface area contributed by atoms with E-state index in [9.17, 15) is 27.2 Å². The highest BCUT2D eigenvalue weighted by Crippen LogP contribution is 2.43. The molecule has 170 valence electrons. The van der Waals surface area contributed by atoms with Gasteiger partial charge in [-0.05, 0) is 41.8 Å². The lowest BCUT2D eigenvalue weighted by Gasteiger charge is -2.12. The van der Waals surface area contributed by atoms with Crippen LogP contribution in [-0.4, -0.2) is 26.6 Å². The minimum Gasteiger partial charge on any atom is -0.365 e. The van der Waals surface area contributed by atoms with E-state index in [1.54, 1.807) is 19.3 Å². The van der Waals surface area contributed by atoms with Crippen molar-refractivity contribution in [1.29, 1.82) is 0 Å². The first-order valence-corrected chi connectivity index (χ1v) is 10.2. The zero-order chi connectivity index (χ0) is 23.9. The largest absolute Gasteiger partial charge is 0.433 e. The molecule has 0 atom stereocenters. The number of benzene rings is 1. The molecule has 0 saturated carbocycles. The summed E-state index contributed by atoms with van der Waals surface area (Å²) in [6, 6.07) is 5.57. The summed E-state index contributed by atoms with van der Waals surface area (Å²) < 4.78 is 55.3. The SMILES string of the molecule is Cc1cnn(CC(=O)Nc2c(C(N)=O)sc3nc(C(F)(F)F)cc(-c4ccc(F)cc4)c23)c1. The number of anilines is 1. The lowest BCUT2D eigenvalue weighted by molar-refractivity contribution is -0.140. The van der Waals surface area contributed by atoms with Crippen molar-refractivity contribution < 1.29 is 27.2 Å². The number of thiophene rings is 1. The van der Waals surface area contributed by atoms with E-state index in [1.807, 2.05) is 0 Å². The Morgan fingerprint density at radius 3 is 2.48 bits per heavy atom. The highest BCUT2D eigenvalue weighted by atomic mass is 32.1. The number of carbonyl (C=O) groups is 2. The third-order valence-corrected chi connectivity index (χ3v) is 5.76. The number of aryl methyl sites for hydroxylation is 1. The van der Waals surface area contributed by atoms with Gasteiger partial charge in [0.15, 0.2) is 0 Å². The van der Waals surface area contributed by atoms with Gasteiger partial charge < -0.3 is 11.1 Å². The van der Waals surface area contributed by atoms with Gasteiger partial charge in [0.1, 0.15) is 27.8 Å². The second kappa shape index (κ2) is 8.28. The topological polar surface area (TPSA) is 103 Å². The molecule has 3 N–H and O–H groups in total. The normalized spacial score (nSPS) is 11.7. The van der Waals surface area contributed by atoms with Crippen molar-refractivity contribution in [2.24, 2.45) is 5.73 Å². The van der Waals surface area contributed by atoms with Crippen LogP contribution < -0.4 is 11.1 Å². The number of hydrogen-bond acceptors (Lipinski definition) is 5. The summed E-state index contributed by atoms with van der Waals surface area (Å²) in [6.45, 7) is 1.58. The van der Waals surface area contributed by atoms with Crippen molar-refractivity contribution >= 4 is 39.1 Å². The fraction of sp³-hybridized carbons (Fsp3) is 0.143. The van der Waals surface area contributed by atoms with E-state index < -0.39 is 29.5 Å². The van der Waals surface area contributed by atoms with E-state index in [0.29, 0.717) is 11.3 Å². The van der Waals surface area contributed by atoms with Crippen LogP contribution in [0.2, 0.25) is 0 Å². The van der Waals surface area contributed by atoms with Gasteiger partial charge in [-0.1, -0.05) is 12.1 Å². The van der Waals surface area contributed by atoms with Gasteiger partial charge in [-0.25, -0.2) is 9.37 Å². The summed E-state index contributed by atoms with van der Waals surface area (Å²) in [5.74, 6) is -2.10. The van der Waals surface area contributed by atoms with Gasteiger partial charge >= 0.3 is 6.18 Å². The van der Waals surface area contributed by atoms with Gasteiger partial charge in [-0.15, -0.1) is 11.3 Å². The van der Waals surface area contributed by atoms with Gasteiger partial charge in [0.05, 0.1) is 11.9 Å². The first-order chi connectivity index (χ1) is 15.5. The predicted octanol–water partition coefficient (Wildman–Crippen LogP) is 4.36. The molecule has 0 radical (unpaired) electrons. The van der Waals surface area contributed by atoms with Gasteiger partial charge in [0.25, 0.3) is 5.91 Å². The highest BCUT2D eigenvalue weighted by Gasteiger charge is 2.35. The Labute approximate surface area is 187 Å². The average Bonchev–Trinajstić information content (AvgIpc) is 3.30. The summed E-state index contributed by atoms with van der Waals surface area (Å²) in [4.78, 5) is 28.1. The number of halogens is 4. The van der Waals surface area contributed by atoms with Gasteiger partial charge in [-0.2, -0.15) is 18.3 Å². The molecule has 0 saturated heterocycles. The summed E-state index contributed by atoms with van der Waals surface area (Å²) in [5, 5.41) is 6.67. The summed E-state index contributed by atoms with van der Waals surface area (Å²) in [6.07, 6.45) is -1.60. The van der Waals surface area contributed by atoms with Gasteiger partial charge in [0, 0.05) is 11.6 Å². The lowest BCUT2D eigenvalue weighted by Crippen LogP contribution is -2.21. The Morgan fingerprint density at radius 1 is 1.21 bits per heavy atom. The van der Waals surface area contributed by atoms with E-state index in [2.05, 4.69) is 15.4 Å². The average molecular weight is 477 g/mol. The molecular weight excluding hydrogens is 462 g/mol. The van der Waals surface area contributed by atoms with E-state index in [0.717, 1.165) is 23.8 Å². The molecule has 4 aromatic rings. The fourth-order valence-electron chi connectivity index (χ4n) is 3.27. The minimum atomic E-state index is -4.78. The predicted molar refractivity (Wildman–Crippen MR) is 114 cm³/mol. The van der Waals surface area contributed by atoms with E-state index in [4.69, 9.17) is 5.73 Å². The number of nitrogens with two attached hydrogens (primary N) is 1. The first-order valence-electron chi connectivity index (χ1n) is 9.42. The Balaban J connectivity index is 1.90. The maximum atomic E-state index is 13.5. The second-order valence-corrected chi connectivity index (χ2v) is 8.17. The third kappa shape index (κ3) is 4.55. The molecule has 7 nitrogen and oxygen atoms in total. The van der Waals surface area contributed by atoms with Crippen LogP contribution in [0, 0.1) is 12.7 Å². The molecule has 1 aromatic carbocycles. The molecule has 12 heteroatoms. The molecule has 0 bridgehead atoms. The van der Waals surface area contributed by atoms with Crippen LogP contribution in [0.4, 0.5) is 23.2 Å². The van der Waals surface area contributed by atoms with Crippen LogP contribution >= 0.6 is 11.3 Å². The molecule has 0 aliphatic heterocycles. The zero-order valence-electron chi connectivity index (χ0n) is 16.9. The molecule has 0 aliphatic carbocycles. The minimum absolute atomic E-state index is 0.0151. The Hall–Kier alpha value is -3.80. The molecule has 0 spiro atoms. The molecule has 0 aliphatic rings. The molecule has 3 heterocycles. The van der Waals surface area contributed by atoms with Gasteiger partial charge in [0.2, 0.25) is 5.91 Å². The quantitative estimate of drug-likeness (QED) is 0.417. The van der Waals surface area contributed by atoms with Crippen LogP contribution in [-0.2, 0) is 17.5 Å². The summed E-state index contributed by atoms with van der Waals surface area (Å²) in [7, 11) is 0. The van der Waals surface area contributed by atoms with Crippen molar-refractivity contribution in [1.82, 2.24) is 14.8 Å².